The summed E-state index contributed by atoms with van der Waals surface area (Å²) in [5.74, 6) is 2.23. The first kappa shape index (κ1) is 15.2. The molecule has 24 heavy (non-hydrogen) atoms. The van der Waals surface area contributed by atoms with Crippen LogP contribution in [0.4, 0.5) is 0 Å². The van der Waals surface area contributed by atoms with E-state index in [9.17, 15) is 8.42 Å². The predicted octanol–water partition coefficient (Wildman–Crippen LogP) is 4.02. The van der Waals surface area contributed by atoms with E-state index in [1.165, 1.54) is 12.8 Å². The van der Waals surface area contributed by atoms with Crippen LogP contribution in [0.15, 0.2) is 47.4 Å². The van der Waals surface area contributed by atoms with E-state index in [0.29, 0.717) is 33.8 Å². The van der Waals surface area contributed by atoms with Gasteiger partial charge in [-0.3, -0.25) is 0 Å². The lowest BCUT2D eigenvalue weighted by molar-refractivity contribution is 0.476. The van der Waals surface area contributed by atoms with Crippen molar-refractivity contribution in [3.05, 3.63) is 53.6 Å². The van der Waals surface area contributed by atoms with Gasteiger partial charge in [0, 0.05) is 0 Å². The highest BCUT2D eigenvalue weighted by molar-refractivity contribution is 7.91. The van der Waals surface area contributed by atoms with Crippen molar-refractivity contribution in [2.75, 3.05) is 5.75 Å². The Kier molecular flexibility index (Phi) is 3.58. The molecule has 0 aromatic heterocycles. The summed E-state index contributed by atoms with van der Waals surface area (Å²) in [5, 5.41) is 8.96. The third kappa shape index (κ3) is 2.78. The summed E-state index contributed by atoms with van der Waals surface area (Å²) in [4.78, 5) is 0.416. The molecule has 1 fully saturated rings. The van der Waals surface area contributed by atoms with Crippen LogP contribution in [0.1, 0.15) is 36.3 Å². The van der Waals surface area contributed by atoms with Gasteiger partial charge in [-0.1, -0.05) is 12.1 Å². The fourth-order valence-electron chi connectivity index (χ4n) is 3.45. The van der Waals surface area contributed by atoms with Crippen LogP contribution >= 0.6 is 0 Å². The Morgan fingerprint density at radius 1 is 1.04 bits per heavy atom. The minimum atomic E-state index is -3.24. The Labute approximate surface area is 141 Å². The van der Waals surface area contributed by atoms with Crippen LogP contribution < -0.4 is 4.74 Å². The van der Waals surface area contributed by atoms with Crippen molar-refractivity contribution in [2.45, 2.75) is 30.1 Å². The van der Waals surface area contributed by atoms with Crippen LogP contribution in [0.3, 0.4) is 0 Å². The first-order valence-electron chi connectivity index (χ1n) is 8.11. The number of nitrogens with zero attached hydrogens (tertiary/aromatic N) is 1. The molecule has 0 radical (unpaired) electrons. The van der Waals surface area contributed by atoms with E-state index in [1.54, 1.807) is 30.3 Å². The fourth-order valence-corrected chi connectivity index (χ4v) is 5.11. The molecule has 2 aromatic carbocycles. The van der Waals surface area contributed by atoms with Crippen molar-refractivity contribution in [1.82, 2.24) is 0 Å². The smallest absolute Gasteiger partial charge is 0.178 e. The Morgan fingerprint density at radius 2 is 1.83 bits per heavy atom. The molecule has 2 aliphatic rings. The molecule has 0 amide bonds. The van der Waals surface area contributed by atoms with Crippen molar-refractivity contribution in [1.29, 1.82) is 5.26 Å². The monoisotopic (exact) mass is 339 g/mol. The van der Waals surface area contributed by atoms with E-state index in [-0.39, 0.29) is 5.75 Å². The molecule has 1 aliphatic carbocycles. The number of fused-ring (bicyclic) bond motifs is 1. The van der Waals surface area contributed by atoms with E-state index in [1.807, 2.05) is 12.1 Å². The molecule has 2 aromatic rings. The van der Waals surface area contributed by atoms with Crippen LogP contribution in [-0.4, -0.2) is 14.2 Å². The van der Waals surface area contributed by atoms with E-state index in [2.05, 4.69) is 6.07 Å². The number of rotatable bonds is 3. The van der Waals surface area contributed by atoms with Crippen molar-refractivity contribution >= 4 is 9.84 Å². The molecule has 0 bridgehead atoms. The third-order valence-electron chi connectivity index (χ3n) is 4.81. The summed E-state index contributed by atoms with van der Waals surface area (Å²) in [6.07, 6.45) is 3.12. The zero-order valence-corrected chi connectivity index (χ0v) is 13.9. The Morgan fingerprint density at radius 3 is 2.58 bits per heavy atom. The van der Waals surface area contributed by atoms with Gasteiger partial charge in [-0.05, 0) is 67.0 Å². The van der Waals surface area contributed by atoms with Gasteiger partial charge in [0.2, 0.25) is 0 Å². The molecule has 1 unspecified atom stereocenters. The lowest BCUT2D eigenvalue weighted by atomic mass is 9.91. The minimum absolute atomic E-state index is 0.217. The number of benzene rings is 2. The lowest BCUT2D eigenvalue weighted by Crippen LogP contribution is -2.21. The van der Waals surface area contributed by atoms with Crippen LogP contribution in [0.25, 0.3) is 0 Å². The first-order chi connectivity index (χ1) is 11.6. The van der Waals surface area contributed by atoms with Crippen LogP contribution in [-0.2, 0) is 9.84 Å². The summed E-state index contributed by atoms with van der Waals surface area (Å²) in [5.41, 5.74) is 1.45. The summed E-state index contributed by atoms with van der Waals surface area (Å²) in [6, 6.07) is 14.3. The average Bonchev–Trinajstić information content (AvgIpc) is 3.40. The molecule has 4 nitrogen and oxygen atoms in total. The summed E-state index contributed by atoms with van der Waals surface area (Å²) in [6.45, 7) is 0. The van der Waals surface area contributed by atoms with Gasteiger partial charge in [0.15, 0.2) is 9.84 Å². The number of nitriles is 1. The van der Waals surface area contributed by atoms with Gasteiger partial charge >= 0.3 is 0 Å². The van der Waals surface area contributed by atoms with Crippen molar-refractivity contribution in [2.24, 2.45) is 5.92 Å². The van der Waals surface area contributed by atoms with Gasteiger partial charge in [0.1, 0.15) is 11.5 Å². The maximum Gasteiger partial charge on any atom is 0.178 e. The Hall–Kier alpha value is -2.32. The standard InChI is InChI=1S/C19H17NO3S/c20-12-13-2-1-3-15(10-13)23-16-6-7-18-17(14-4-5-14)8-9-24(21,22)19(18)11-16/h1-3,6-7,10-11,14,17H,4-5,8-9H2. The summed E-state index contributed by atoms with van der Waals surface area (Å²) < 4.78 is 30.7. The number of hydrogen-bond donors (Lipinski definition) is 0. The molecular weight excluding hydrogens is 322 g/mol. The Balaban J connectivity index is 1.70. The quantitative estimate of drug-likeness (QED) is 0.847. The topological polar surface area (TPSA) is 67.2 Å². The normalized spacial score (nSPS) is 21.5. The van der Waals surface area contributed by atoms with E-state index >= 15 is 0 Å². The number of hydrogen-bond acceptors (Lipinski definition) is 4. The average molecular weight is 339 g/mol. The predicted molar refractivity (Wildman–Crippen MR) is 89.8 cm³/mol. The van der Waals surface area contributed by atoms with Gasteiger partial charge < -0.3 is 4.74 Å². The van der Waals surface area contributed by atoms with E-state index in [0.717, 1.165) is 12.0 Å². The zero-order chi connectivity index (χ0) is 16.7. The molecule has 1 heterocycles. The van der Waals surface area contributed by atoms with Gasteiger partial charge in [-0.25, -0.2) is 8.42 Å². The minimum Gasteiger partial charge on any atom is -0.457 e. The van der Waals surface area contributed by atoms with E-state index < -0.39 is 9.84 Å². The molecule has 0 spiro atoms. The first-order valence-corrected chi connectivity index (χ1v) is 9.77. The summed E-state index contributed by atoms with van der Waals surface area (Å²) in [7, 11) is -3.24. The second-order valence-electron chi connectivity index (χ2n) is 6.49. The van der Waals surface area contributed by atoms with Gasteiger partial charge in [0.05, 0.1) is 22.3 Å². The largest absolute Gasteiger partial charge is 0.457 e. The van der Waals surface area contributed by atoms with Gasteiger partial charge in [-0.15, -0.1) is 0 Å². The van der Waals surface area contributed by atoms with E-state index in [4.69, 9.17) is 10.00 Å². The highest BCUT2D eigenvalue weighted by Crippen LogP contribution is 2.49. The van der Waals surface area contributed by atoms with Gasteiger partial charge in [-0.2, -0.15) is 5.26 Å². The Bertz CT molecular complexity index is 939. The highest BCUT2D eigenvalue weighted by Gasteiger charge is 2.39. The van der Waals surface area contributed by atoms with Gasteiger partial charge in [0.25, 0.3) is 0 Å². The number of sulfone groups is 1. The van der Waals surface area contributed by atoms with Crippen molar-refractivity contribution in [3.8, 4) is 17.6 Å². The molecule has 122 valence electrons. The molecular formula is C19H17NO3S. The molecule has 1 saturated carbocycles. The van der Waals surface area contributed by atoms with Crippen molar-refractivity contribution in [3.63, 3.8) is 0 Å². The second-order valence-corrected chi connectivity index (χ2v) is 8.57. The van der Waals surface area contributed by atoms with Crippen LogP contribution in [0, 0.1) is 17.2 Å². The second kappa shape index (κ2) is 5.64. The van der Waals surface area contributed by atoms with Crippen molar-refractivity contribution < 1.29 is 13.2 Å². The molecule has 4 rings (SSSR count). The SMILES string of the molecule is N#Cc1cccc(Oc2ccc3c(c2)S(=O)(=O)CCC3C2CC2)c1. The lowest BCUT2D eigenvalue weighted by Gasteiger charge is -2.25. The maximum atomic E-state index is 12.5. The highest BCUT2D eigenvalue weighted by atomic mass is 32.2. The molecule has 1 aliphatic heterocycles. The molecule has 5 heteroatoms. The number of ether oxygens (including phenoxy) is 1. The third-order valence-corrected chi connectivity index (χ3v) is 6.60. The summed E-state index contributed by atoms with van der Waals surface area (Å²) >= 11 is 0. The van der Waals surface area contributed by atoms with Crippen LogP contribution in [0.2, 0.25) is 0 Å². The maximum absolute atomic E-state index is 12.5. The zero-order valence-electron chi connectivity index (χ0n) is 13.1. The molecule has 0 saturated heterocycles. The molecule has 0 N–H and O–H groups in total. The fraction of sp³-hybridized carbons (Fsp3) is 0.316. The van der Waals surface area contributed by atoms with Crippen LogP contribution in [0.5, 0.6) is 11.5 Å². The molecule has 1 atom stereocenters.